The summed E-state index contributed by atoms with van der Waals surface area (Å²) in [5, 5.41) is 12.6. The van der Waals surface area contributed by atoms with Crippen LogP contribution >= 0.6 is 0 Å². The molecule has 0 spiro atoms. The van der Waals surface area contributed by atoms with Gasteiger partial charge in [0.05, 0.1) is 25.2 Å². The molecule has 2 heterocycles. The second-order valence-electron chi connectivity index (χ2n) is 6.55. The van der Waals surface area contributed by atoms with E-state index in [0.717, 1.165) is 12.8 Å². The third kappa shape index (κ3) is 5.16. The highest BCUT2D eigenvalue weighted by Gasteiger charge is 2.34. The van der Waals surface area contributed by atoms with Crippen molar-refractivity contribution < 1.29 is 24.2 Å². The zero-order chi connectivity index (χ0) is 16.8. The predicted molar refractivity (Wildman–Crippen MR) is 83.8 cm³/mol. The molecule has 7 nitrogen and oxygen atoms in total. The largest absolute Gasteiger partial charge is 0.394 e. The first kappa shape index (κ1) is 18.2. The summed E-state index contributed by atoms with van der Waals surface area (Å²) < 4.78 is 11.1. The molecule has 0 bridgehead atoms. The summed E-state index contributed by atoms with van der Waals surface area (Å²) in [7, 11) is 3.43. The van der Waals surface area contributed by atoms with Crippen molar-refractivity contribution in [2.24, 2.45) is 5.92 Å². The van der Waals surface area contributed by atoms with Crippen molar-refractivity contribution in [2.45, 2.75) is 50.4 Å². The number of rotatable bonds is 5. The van der Waals surface area contributed by atoms with Gasteiger partial charge in [-0.05, 0) is 25.7 Å². The Labute approximate surface area is 137 Å². The van der Waals surface area contributed by atoms with Crippen LogP contribution in [-0.2, 0) is 19.1 Å². The minimum atomic E-state index is -0.451. The van der Waals surface area contributed by atoms with Gasteiger partial charge in [0.25, 0.3) is 0 Å². The van der Waals surface area contributed by atoms with E-state index in [4.69, 9.17) is 9.47 Å². The minimum absolute atomic E-state index is 0.0105. The fourth-order valence-electron chi connectivity index (χ4n) is 3.08. The number of nitrogens with zero attached hydrogens (tertiary/aromatic N) is 1. The maximum absolute atomic E-state index is 12.3. The lowest BCUT2D eigenvalue weighted by Crippen LogP contribution is -2.53. The number of nitrogens with one attached hydrogen (secondary N) is 1. The predicted octanol–water partition coefficient (Wildman–Crippen LogP) is -0.0840. The summed E-state index contributed by atoms with van der Waals surface area (Å²) in [5.74, 6) is 0.00989. The summed E-state index contributed by atoms with van der Waals surface area (Å²) in [4.78, 5) is 25.6. The molecule has 2 fully saturated rings. The van der Waals surface area contributed by atoms with Gasteiger partial charge in [0.1, 0.15) is 6.10 Å². The first-order valence-corrected chi connectivity index (χ1v) is 8.35. The number of ether oxygens (including phenoxy) is 2. The van der Waals surface area contributed by atoms with Crippen molar-refractivity contribution in [1.29, 1.82) is 0 Å². The molecule has 0 aliphatic carbocycles. The summed E-state index contributed by atoms with van der Waals surface area (Å²) in [6, 6.07) is -0.193. The number of aliphatic hydroxyl groups excluding tert-OH is 1. The van der Waals surface area contributed by atoms with Crippen LogP contribution in [0.15, 0.2) is 0 Å². The van der Waals surface area contributed by atoms with Crippen molar-refractivity contribution in [1.82, 2.24) is 10.2 Å². The van der Waals surface area contributed by atoms with E-state index in [9.17, 15) is 14.7 Å². The second kappa shape index (κ2) is 8.61. The first-order valence-electron chi connectivity index (χ1n) is 8.35. The molecule has 0 aromatic carbocycles. The molecule has 0 aromatic heterocycles. The van der Waals surface area contributed by atoms with Crippen LogP contribution in [-0.4, -0.2) is 74.0 Å². The van der Waals surface area contributed by atoms with Crippen LogP contribution in [0.4, 0.5) is 0 Å². The van der Waals surface area contributed by atoms with Crippen molar-refractivity contribution in [3.05, 3.63) is 0 Å². The maximum Gasteiger partial charge on any atom is 0.224 e. The lowest BCUT2D eigenvalue weighted by atomic mass is 9.94. The Morgan fingerprint density at radius 1 is 1.17 bits per heavy atom. The second-order valence-corrected chi connectivity index (χ2v) is 6.55. The third-order valence-electron chi connectivity index (χ3n) is 4.62. The van der Waals surface area contributed by atoms with Crippen LogP contribution in [0.25, 0.3) is 0 Å². The fraction of sp³-hybridized carbons (Fsp3) is 0.875. The van der Waals surface area contributed by atoms with Crippen LogP contribution in [0.2, 0.25) is 0 Å². The molecular weight excluding hydrogens is 300 g/mol. The Bertz CT molecular complexity index is 409. The number of hydrogen-bond donors (Lipinski definition) is 2. The average molecular weight is 328 g/mol. The van der Waals surface area contributed by atoms with Crippen molar-refractivity contribution in [3.8, 4) is 0 Å². The highest BCUT2D eigenvalue weighted by molar-refractivity contribution is 5.79. The molecule has 3 atom stereocenters. The Morgan fingerprint density at radius 3 is 2.48 bits per heavy atom. The van der Waals surface area contributed by atoms with Gasteiger partial charge in [-0.15, -0.1) is 0 Å². The molecule has 2 rings (SSSR count). The first-order chi connectivity index (χ1) is 11.0. The highest BCUT2D eigenvalue weighted by Crippen LogP contribution is 2.23. The molecule has 0 aromatic rings. The third-order valence-corrected chi connectivity index (χ3v) is 4.62. The zero-order valence-electron chi connectivity index (χ0n) is 14.0. The average Bonchev–Trinajstić information content (AvgIpc) is 2.56. The maximum atomic E-state index is 12.3. The van der Waals surface area contributed by atoms with E-state index in [1.54, 1.807) is 14.1 Å². The normalized spacial score (nSPS) is 29.1. The van der Waals surface area contributed by atoms with Gasteiger partial charge in [-0.1, -0.05) is 0 Å². The molecule has 0 saturated carbocycles. The molecule has 23 heavy (non-hydrogen) atoms. The highest BCUT2D eigenvalue weighted by atomic mass is 16.5. The number of amides is 2. The Balaban J connectivity index is 1.84. The molecule has 0 radical (unpaired) electrons. The van der Waals surface area contributed by atoms with Gasteiger partial charge in [-0.25, -0.2) is 0 Å². The molecule has 7 heteroatoms. The lowest BCUT2D eigenvalue weighted by Gasteiger charge is -2.37. The molecule has 2 aliphatic rings. The van der Waals surface area contributed by atoms with Gasteiger partial charge in [-0.3, -0.25) is 9.59 Å². The van der Waals surface area contributed by atoms with Gasteiger partial charge >= 0.3 is 0 Å². The Kier molecular flexibility index (Phi) is 6.80. The summed E-state index contributed by atoms with van der Waals surface area (Å²) in [5.41, 5.74) is 0. The topological polar surface area (TPSA) is 88.1 Å². The SMILES string of the molecule is CN(C)C(=O)C[C@H]1CC[C@H](NC(=O)C2CCOCC2)[C@@H](CO)O1. The molecule has 0 unspecified atom stereocenters. The van der Waals surface area contributed by atoms with Crippen molar-refractivity contribution in [2.75, 3.05) is 33.9 Å². The zero-order valence-corrected chi connectivity index (χ0v) is 14.0. The number of carbonyl (C=O) groups excluding carboxylic acids is 2. The van der Waals surface area contributed by atoms with Crippen LogP contribution < -0.4 is 5.32 Å². The monoisotopic (exact) mass is 328 g/mol. The van der Waals surface area contributed by atoms with E-state index >= 15 is 0 Å². The number of aliphatic hydroxyl groups is 1. The van der Waals surface area contributed by atoms with Crippen LogP contribution in [0.3, 0.4) is 0 Å². The fourth-order valence-corrected chi connectivity index (χ4v) is 3.08. The van der Waals surface area contributed by atoms with E-state index in [-0.39, 0.29) is 36.5 Å². The molecule has 2 amide bonds. The smallest absolute Gasteiger partial charge is 0.224 e. The standard InChI is InChI=1S/C16H28N2O5/c1-18(2)15(20)9-12-3-4-13(14(10-19)23-12)17-16(21)11-5-7-22-8-6-11/h11-14,19H,3-10H2,1-2H3,(H,17,21)/t12-,13+,14-/m1/s1. The van der Waals surface area contributed by atoms with E-state index in [2.05, 4.69) is 5.32 Å². The molecule has 132 valence electrons. The van der Waals surface area contributed by atoms with E-state index in [1.165, 1.54) is 4.90 Å². The summed E-state index contributed by atoms with van der Waals surface area (Å²) in [6.45, 7) is 1.08. The van der Waals surface area contributed by atoms with Gasteiger partial charge in [-0.2, -0.15) is 0 Å². The molecule has 2 N–H and O–H groups in total. The van der Waals surface area contributed by atoms with Gasteiger partial charge in [0.15, 0.2) is 0 Å². The molecule has 2 aliphatic heterocycles. The minimum Gasteiger partial charge on any atom is -0.394 e. The Hall–Kier alpha value is -1.18. The van der Waals surface area contributed by atoms with Crippen LogP contribution in [0, 0.1) is 5.92 Å². The van der Waals surface area contributed by atoms with Crippen molar-refractivity contribution >= 4 is 11.8 Å². The number of hydrogen-bond acceptors (Lipinski definition) is 5. The molecular formula is C16H28N2O5. The van der Waals surface area contributed by atoms with E-state index in [1.807, 2.05) is 0 Å². The summed E-state index contributed by atoms with van der Waals surface area (Å²) in [6.07, 6.45) is 2.56. The van der Waals surface area contributed by atoms with E-state index < -0.39 is 6.10 Å². The Morgan fingerprint density at radius 2 is 1.87 bits per heavy atom. The molecule has 2 saturated heterocycles. The quantitative estimate of drug-likeness (QED) is 0.737. The lowest BCUT2D eigenvalue weighted by molar-refractivity contribution is -0.142. The number of carbonyl (C=O) groups is 2. The van der Waals surface area contributed by atoms with Gasteiger partial charge in [0, 0.05) is 33.2 Å². The summed E-state index contributed by atoms with van der Waals surface area (Å²) >= 11 is 0. The van der Waals surface area contributed by atoms with Crippen LogP contribution in [0.1, 0.15) is 32.1 Å². The van der Waals surface area contributed by atoms with Gasteiger partial charge in [0.2, 0.25) is 11.8 Å². The van der Waals surface area contributed by atoms with E-state index in [0.29, 0.717) is 32.5 Å². The van der Waals surface area contributed by atoms with Crippen molar-refractivity contribution in [3.63, 3.8) is 0 Å². The van der Waals surface area contributed by atoms with Crippen LogP contribution in [0.5, 0.6) is 0 Å². The van der Waals surface area contributed by atoms with Gasteiger partial charge < -0.3 is 24.8 Å².